The van der Waals surface area contributed by atoms with E-state index < -0.39 is 5.92 Å². The lowest BCUT2D eigenvalue weighted by Gasteiger charge is -2.46. The summed E-state index contributed by atoms with van der Waals surface area (Å²) in [6.45, 7) is 4.75. The van der Waals surface area contributed by atoms with Crippen LogP contribution in [0.5, 0.6) is 0 Å². The number of halogens is 1. The van der Waals surface area contributed by atoms with Crippen molar-refractivity contribution in [2.75, 3.05) is 44.2 Å². The van der Waals surface area contributed by atoms with Gasteiger partial charge in [0, 0.05) is 38.8 Å². The van der Waals surface area contributed by atoms with Gasteiger partial charge in [-0.15, -0.1) is 11.3 Å². The number of benzene rings is 2. The molecule has 0 aliphatic carbocycles. The predicted molar refractivity (Wildman–Crippen MR) is 140 cm³/mol. The van der Waals surface area contributed by atoms with Crippen LogP contribution in [0.3, 0.4) is 0 Å². The van der Waals surface area contributed by atoms with Gasteiger partial charge in [0.2, 0.25) is 5.91 Å². The lowest BCUT2D eigenvalue weighted by Crippen LogP contribution is -2.72. The van der Waals surface area contributed by atoms with Gasteiger partial charge in [-0.3, -0.25) is 20.3 Å². The summed E-state index contributed by atoms with van der Waals surface area (Å²) in [6.07, 6.45) is 1.66. The normalized spacial score (nSPS) is 27.8. The van der Waals surface area contributed by atoms with Gasteiger partial charge in [-0.25, -0.2) is 9.37 Å². The number of thiazole rings is 1. The minimum Gasteiger partial charge on any atom is -0.367 e. The molecule has 3 saturated heterocycles. The third-order valence-corrected chi connectivity index (χ3v) is 8.51. The predicted octanol–water partition coefficient (Wildman–Crippen LogP) is 2.01. The molecule has 0 spiro atoms. The molecule has 3 aliphatic heterocycles. The molecule has 3 unspecified atom stereocenters. The Kier molecular flexibility index (Phi) is 6.85. The van der Waals surface area contributed by atoms with Gasteiger partial charge < -0.3 is 15.5 Å². The summed E-state index contributed by atoms with van der Waals surface area (Å²) in [5.74, 6) is -0.630. The second-order valence-electron chi connectivity index (χ2n) is 9.74. The number of carbonyl (C=O) groups excluding carboxylic acids is 1. The zero-order chi connectivity index (χ0) is 24.5. The molecule has 3 fully saturated rings. The summed E-state index contributed by atoms with van der Waals surface area (Å²) >= 11 is 1.59. The third-order valence-electron chi connectivity index (χ3n) is 7.39. The first-order valence-corrected chi connectivity index (χ1v) is 13.6. The Morgan fingerprint density at radius 1 is 1.06 bits per heavy atom. The van der Waals surface area contributed by atoms with E-state index in [-0.39, 0.29) is 30.2 Å². The summed E-state index contributed by atoms with van der Waals surface area (Å²) in [6, 6.07) is 15.2. The van der Waals surface area contributed by atoms with E-state index in [2.05, 4.69) is 37.1 Å². The number of piperidine rings is 1. The van der Waals surface area contributed by atoms with Gasteiger partial charge in [0.25, 0.3) is 0 Å². The second kappa shape index (κ2) is 10.4. The van der Waals surface area contributed by atoms with Gasteiger partial charge in [0.15, 0.2) is 0 Å². The summed E-state index contributed by atoms with van der Waals surface area (Å²) in [5.41, 5.74) is 1.56. The smallest absolute Gasteiger partial charge is 0.235 e. The van der Waals surface area contributed by atoms with Gasteiger partial charge in [-0.1, -0.05) is 24.3 Å². The Hall–Kier alpha value is -2.63. The van der Waals surface area contributed by atoms with Gasteiger partial charge >= 0.3 is 0 Å². The summed E-state index contributed by atoms with van der Waals surface area (Å²) in [4.78, 5) is 22.7. The van der Waals surface area contributed by atoms with E-state index in [1.54, 1.807) is 17.4 Å². The fraction of sp³-hybridized carbons (Fsp3) is 0.462. The molecule has 8 nitrogen and oxygen atoms in total. The number of carbonyl (C=O) groups is 1. The number of piperazine rings is 1. The molecule has 10 heteroatoms. The highest BCUT2D eigenvalue weighted by Crippen LogP contribution is 2.31. The van der Waals surface area contributed by atoms with Crippen molar-refractivity contribution in [1.29, 1.82) is 0 Å². The standard InChI is InChI=1S/C26H32FN7OS/c27-18-7-1-3-9-20(18)33-12-14-34(15-13-33)26-31-23(29-17-6-5-11-28-16-17)22(24(35)32-26)25-30-19-8-2-4-10-21(19)36-25/h1-4,7-10,17,22-23,26,28-29,31H,5-6,11-16H2,(H,32,35)/t17-,22?,23?,26?/m1/s1. The molecule has 0 radical (unpaired) electrons. The minimum atomic E-state index is -0.416. The van der Waals surface area contributed by atoms with Crippen molar-refractivity contribution < 1.29 is 9.18 Å². The molecule has 4 N–H and O–H groups in total. The Bertz CT molecular complexity index is 1170. The van der Waals surface area contributed by atoms with Gasteiger partial charge in [0.1, 0.15) is 23.0 Å². The van der Waals surface area contributed by atoms with Crippen molar-refractivity contribution in [1.82, 2.24) is 31.2 Å². The SMILES string of the molecule is O=C1NC(N2CCN(c3ccccc3F)CC2)NC(N[C@@H]2CCCNC2)C1c1nc2ccccc2s1. The van der Waals surface area contributed by atoms with Crippen molar-refractivity contribution >= 4 is 33.1 Å². The quantitative estimate of drug-likeness (QED) is 0.419. The topological polar surface area (TPSA) is 84.6 Å². The van der Waals surface area contributed by atoms with E-state index in [9.17, 15) is 9.18 Å². The number of fused-ring (bicyclic) bond motifs is 1. The van der Waals surface area contributed by atoms with Crippen LogP contribution in [0.2, 0.25) is 0 Å². The highest BCUT2D eigenvalue weighted by Gasteiger charge is 2.42. The molecule has 6 rings (SSSR count). The minimum absolute atomic E-state index is 0.0180. The Labute approximate surface area is 214 Å². The van der Waals surface area contributed by atoms with Crippen LogP contribution in [0.25, 0.3) is 10.2 Å². The number of amides is 1. The van der Waals surface area contributed by atoms with Crippen LogP contribution in [0.1, 0.15) is 23.8 Å². The number of anilines is 1. The maximum atomic E-state index is 14.3. The number of nitrogens with one attached hydrogen (secondary N) is 4. The Morgan fingerprint density at radius 3 is 2.64 bits per heavy atom. The average Bonchev–Trinajstić information content (AvgIpc) is 3.33. The highest BCUT2D eigenvalue weighted by molar-refractivity contribution is 7.18. The fourth-order valence-corrected chi connectivity index (χ4v) is 6.58. The van der Waals surface area contributed by atoms with Crippen LogP contribution in [-0.2, 0) is 4.79 Å². The van der Waals surface area contributed by atoms with E-state index in [1.807, 2.05) is 30.3 Å². The largest absolute Gasteiger partial charge is 0.367 e. The van der Waals surface area contributed by atoms with Gasteiger partial charge in [0.05, 0.1) is 22.1 Å². The third kappa shape index (κ3) is 4.83. The number of para-hydroxylation sites is 2. The van der Waals surface area contributed by atoms with E-state index in [4.69, 9.17) is 4.98 Å². The molecule has 1 aromatic heterocycles. The van der Waals surface area contributed by atoms with E-state index in [1.165, 1.54) is 6.07 Å². The van der Waals surface area contributed by atoms with Gasteiger partial charge in [-0.05, 0) is 43.7 Å². The number of hydrogen-bond donors (Lipinski definition) is 4. The molecular formula is C26H32FN7OS. The van der Waals surface area contributed by atoms with Crippen LogP contribution in [0.15, 0.2) is 48.5 Å². The molecule has 36 heavy (non-hydrogen) atoms. The molecular weight excluding hydrogens is 477 g/mol. The molecule has 0 bridgehead atoms. The molecule has 190 valence electrons. The first-order chi connectivity index (χ1) is 17.7. The zero-order valence-electron chi connectivity index (χ0n) is 20.1. The summed E-state index contributed by atoms with van der Waals surface area (Å²) in [5, 5.41) is 14.9. The lowest BCUT2D eigenvalue weighted by molar-refractivity contribution is -0.129. The maximum absolute atomic E-state index is 14.3. The number of aromatic nitrogens is 1. The molecule has 0 saturated carbocycles. The summed E-state index contributed by atoms with van der Waals surface area (Å²) in [7, 11) is 0. The average molecular weight is 510 g/mol. The molecule has 4 heterocycles. The van der Waals surface area contributed by atoms with Crippen LogP contribution in [0.4, 0.5) is 10.1 Å². The van der Waals surface area contributed by atoms with Crippen molar-refractivity contribution in [2.24, 2.45) is 0 Å². The van der Waals surface area contributed by atoms with Crippen molar-refractivity contribution in [2.45, 2.75) is 37.3 Å². The molecule has 4 atom stereocenters. The molecule has 3 aliphatic rings. The van der Waals surface area contributed by atoms with Crippen molar-refractivity contribution in [3.05, 3.63) is 59.4 Å². The van der Waals surface area contributed by atoms with Crippen LogP contribution < -0.4 is 26.2 Å². The van der Waals surface area contributed by atoms with Crippen LogP contribution in [0, 0.1) is 5.82 Å². The number of nitrogens with zero attached hydrogens (tertiary/aromatic N) is 3. The van der Waals surface area contributed by atoms with Crippen LogP contribution >= 0.6 is 11.3 Å². The number of hydrogen-bond acceptors (Lipinski definition) is 8. The zero-order valence-corrected chi connectivity index (χ0v) is 20.9. The second-order valence-corrected chi connectivity index (χ2v) is 10.8. The first-order valence-electron chi connectivity index (χ1n) is 12.8. The highest BCUT2D eigenvalue weighted by atomic mass is 32.1. The maximum Gasteiger partial charge on any atom is 0.235 e. The Morgan fingerprint density at radius 2 is 1.86 bits per heavy atom. The molecule has 2 aromatic carbocycles. The van der Waals surface area contributed by atoms with E-state index in [0.717, 1.165) is 54.2 Å². The van der Waals surface area contributed by atoms with Gasteiger partial charge in [-0.2, -0.15) is 0 Å². The van der Waals surface area contributed by atoms with Crippen molar-refractivity contribution in [3.63, 3.8) is 0 Å². The fourth-order valence-electron chi connectivity index (χ4n) is 5.48. The molecule has 3 aromatic rings. The number of rotatable bonds is 5. The molecule has 1 amide bonds. The van der Waals surface area contributed by atoms with E-state index >= 15 is 0 Å². The van der Waals surface area contributed by atoms with Crippen LogP contribution in [-0.4, -0.2) is 73.6 Å². The van der Waals surface area contributed by atoms with E-state index in [0.29, 0.717) is 18.8 Å². The Balaban J connectivity index is 1.19. The van der Waals surface area contributed by atoms with Crippen molar-refractivity contribution in [3.8, 4) is 0 Å². The summed E-state index contributed by atoms with van der Waals surface area (Å²) < 4.78 is 15.4. The lowest BCUT2D eigenvalue weighted by atomic mass is 10.00. The monoisotopic (exact) mass is 509 g/mol. The first kappa shape index (κ1) is 23.7.